The van der Waals surface area contributed by atoms with E-state index in [1.807, 2.05) is 105 Å². The highest BCUT2D eigenvalue weighted by Gasteiger charge is 2.37. The van der Waals surface area contributed by atoms with Crippen LogP contribution in [0.3, 0.4) is 0 Å². The van der Waals surface area contributed by atoms with Gasteiger partial charge in [-0.25, -0.2) is 0 Å². The molecule has 0 fully saturated rings. The van der Waals surface area contributed by atoms with Gasteiger partial charge in [0.25, 0.3) is 0 Å². The molecular weight excluding hydrogens is 715 g/mol. The van der Waals surface area contributed by atoms with Crippen molar-refractivity contribution in [1.82, 2.24) is 0 Å². The minimum atomic E-state index is -0.690. The fourth-order valence-corrected chi connectivity index (χ4v) is 8.50. The van der Waals surface area contributed by atoms with E-state index in [1.165, 1.54) is 0 Å². The highest BCUT2D eigenvalue weighted by Crippen LogP contribution is 2.52. The van der Waals surface area contributed by atoms with Crippen molar-refractivity contribution in [2.75, 3.05) is 4.90 Å². The molecule has 0 bridgehead atoms. The number of para-hydroxylation sites is 1. The molecule has 2 nitrogen and oxygen atoms in total. The monoisotopic (exact) mass is 767 g/mol. The number of hydrogen-bond donors (Lipinski definition) is 0. The second-order valence-electron chi connectivity index (χ2n) is 15.1. The Bertz CT molecular complexity index is 3800. The number of nitrogens with zero attached hydrogens (tertiary/aromatic N) is 1. The number of anilines is 3. The standard InChI is InChI=1S/C57H41NO/c1-57(2)52-19-8-6-14-49(52)50-18-10-17-48(56(50)57)43-30-36-46(37-31-43)58(44-32-26-41(27-33-44)40-24-22-39(23-25-40)38-12-4-3-5-13-38)45-34-28-42(29-35-45)47-16-11-21-54-55(47)51-15-7-9-20-53(51)59-54/h3-37H,1-2H3/i26D,27D,28D,29D,30D,31D,32D,33D,34D,35D,36D,37D. The maximum atomic E-state index is 9.79. The van der Waals surface area contributed by atoms with Crippen LogP contribution >= 0.6 is 0 Å². The number of benzene rings is 9. The molecule has 0 saturated carbocycles. The van der Waals surface area contributed by atoms with Crippen LogP contribution in [-0.4, -0.2) is 0 Å². The van der Waals surface area contributed by atoms with Crippen LogP contribution in [0, 0.1) is 0 Å². The van der Waals surface area contributed by atoms with E-state index in [0.29, 0.717) is 38.6 Å². The number of rotatable bonds is 7. The van der Waals surface area contributed by atoms with E-state index >= 15 is 0 Å². The Labute approximate surface area is 362 Å². The summed E-state index contributed by atoms with van der Waals surface area (Å²) in [6, 6.07) is 35.2. The van der Waals surface area contributed by atoms with Gasteiger partial charge in [0, 0.05) is 33.2 Å². The van der Waals surface area contributed by atoms with Crippen molar-refractivity contribution in [1.29, 1.82) is 0 Å². The number of hydrogen-bond acceptors (Lipinski definition) is 2. The van der Waals surface area contributed by atoms with Crippen LogP contribution in [0.5, 0.6) is 0 Å². The summed E-state index contributed by atoms with van der Waals surface area (Å²) < 4.78 is 122. The fraction of sp³-hybridized carbons (Fsp3) is 0.0526. The molecule has 0 amide bonds. The van der Waals surface area contributed by atoms with Crippen LogP contribution < -0.4 is 4.90 Å². The molecule has 1 aliphatic rings. The lowest BCUT2D eigenvalue weighted by Crippen LogP contribution is -2.16. The highest BCUT2D eigenvalue weighted by atomic mass is 16.3. The summed E-state index contributed by atoms with van der Waals surface area (Å²) in [7, 11) is 0. The first-order chi connectivity index (χ1) is 34.0. The van der Waals surface area contributed by atoms with Crippen molar-refractivity contribution in [2.24, 2.45) is 0 Å². The summed E-state index contributed by atoms with van der Waals surface area (Å²) in [5.74, 6) is 0. The lowest BCUT2D eigenvalue weighted by molar-refractivity contribution is 0.662. The maximum absolute atomic E-state index is 9.79. The Morgan fingerprint density at radius 3 is 1.56 bits per heavy atom. The van der Waals surface area contributed by atoms with Crippen molar-refractivity contribution in [3.05, 3.63) is 223 Å². The first kappa shape index (κ1) is 24.4. The molecule has 0 aliphatic heterocycles. The van der Waals surface area contributed by atoms with E-state index in [1.54, 1.807) is 48.5 Å². The van der Waals surface area contributed by atoms with Gasteiger partial charge in [0.1, 0.15) is 11.2 Å². The van der Waals surface area contributed by atoms with Crippen LogP contribution in [0.2, 0.25) is 0 Å². The summed E-state index contributed by atoms with van der Waals surface area (Å²) in [5, 5.41) is 1.23. The lowest BCUT2D eigenvalue weighted by atomic mass is 9.79. The van der Waals surface area contributed by atoms with Crippen LogP contribution in [-0.2, 0) is 5.41 Å². The molecule has 1 aliphatic carbocycles. The van der Waals surface area contributed by atoms with E-state index in [0.717, 1.165) is 38.3 Å². The van der Waals surface area contributed by atoms with Crippen LogP contribution in [0.1, 0.15) is 41.4 Å². The largest absolute Gasteiger partial charge is 0.456 e. The minimum absolute atomic E-state index is 0.0226. The Morgan fingerprint density at radius 1 is 0.390 bits per heavy atom. The van der Waals surface area contributed by atoms with Crippen molar-refractivity contribution in [3.8, 4) is 55.6 Å². The highest BCUT2D eigenvalue weighted by molar-refractivity contribution is 6.12. The lowest BCUT2D eigenvalue weighted by Gasteiger charge is -2.27. The van der Waals surface area contributed by atoms with Crippen molar-refractivity contribution < 1.29 is 20.9 Å². The van der Waals surface area contributed by atoms with Crippen molar-refractivity contribution in [2.45, 2.75) is 19.3 Å². The molecule has 0 unspecified atom stereocenters. The average Bonchev–Trinajstić information content (AvgIpc) is 3.88. The summed E-state index contributed by atoms with van der Waals surface area (Å²) in [4.78, 5) is 0.862. The molecular formula is C57H41NO. The van der Waals surface area contributed by atoms with E-state index < -0.39 is 95.0 Å². The fourth-order valence-electron chi connectivity index (χ4n) is 8.50. The summed E-state index contributed by atoms with van der Waals surface area (Å²) in [6.07, 6.45) is 0. The van der Waals surface area contributed by atoms with E-state index in [4.69, 9.17) is 4.42 Å². The normalized spacial score (nSPS) is 15.6. The van der Waals surface area contributed by atoms with E-state index in [2.05, 4.69) is 0 Å². The third-order valence-electron chi connectivity index (χ3n) is 11.3. The van der Waals surface area contributed by atoms with E-state index in [9.17, 15) is 16.4 Å². The van der Waals surface area contributed by atoms with Crippen LogP contribution in [0.15, 0.2) is 216 Å². The Balaban J connectivity index is 1.18. The summed E-state index contributed by atoms with van der Waals surface area (Å²) in [6.45, 7) is 4.08. The molecule has 0 saturated heterocycles. The maximum Gasteiger partial charge on any atom is 0.136 e. The first-order valence-corrected chi connectivity index (χ1v) is 19.5. The minimum Gasteiger partial charge on any atom is -0.456 e. The molecule has 9 aromatic carbocycles. The average molecular weight is 768 g/mol. The van der Waals surface area contributed by atoms with Gasteiger partial charge in [-0.05, 0) is 115 Å². The number of fused-ring (bicyclic) bond motifs is 6. The zero-order valence-electron chi connectivity index (χ0n) is 44.1. The first-order valence-electron chi connectivity index (χ1n) is 25.5. The Kier molecular flexibility index (Phi) is 5.74. The third-order valence-corrected chi connectivity index (χ3v) is 11.3. The molecule has 59 heavy (non-hydrogen) atoms. The molecule has 10 aromatic rings. The molecule has 0 radical (unpaired) electrons. The van der Waals surface area contributed by atoms with Gasteiger partial charge in [0.05, 0.1) is 16.4 Å². The molecule has 1 heterocycles. The van der Waals surface area contributed by atoms with E-state index in [-0.39, 0.29) is 16.7 Å². The summed E-state index contributed by atoms with van der Waals surface area (Å²) in [5.41, 5.74) is 5.08. The van der Waals surface area contributed by atoms with Gasteiger partial charge in [0.2, 0.25) is 0 Å². The molecule has 280 valence electrons. The smallest absolute Gasteiger partial charge is 0.136 e. The molecule has 1 aromatic heterocycles. The number of furan rings is 1. The quantitative estimate of drug-likeness (QED) is 0.161. The Hall–Kier alpha value is -7.42. The van der Waals surface area contributed by atoms with Gasteiger partial charge in [-0.1, -0.05) is 177 Å². The van der Waals surface area contributed by atoms with Gasteiger partial charge in [-0.3, -0.25) is 0 Å². The molecule has 2 heteroatoms. The van der Waals surface area contributed by atoms with Crippen molar-refractivity contribution >= 4 is 39.0 Å². The van der Waals surface area contributed by atoms with Crippen LogP contribution in [0.4, 0.5) is 17.1 Å². The van der Waals surface area contributed by atoms with Gasteiger partial charge >= 0.3 is 0 Å². The van der Waals surface area contributed by atoms with Crippen molar-refractivity contribution in [3.63, 3.8) is 0 Å². The zero-order chi connectivity index (χ0) is 49.9. The molecule has 0 atom stereocenters. The van der Waals surface area contributed by atoms with Gasteiger partial charge < -0.3 is 9.32 Å². The zero-order valence-corrected chi connectivity index (χ0v) is 32.1. The summed E-state index contributed by atoms with van der Waals surface area (Å²) >= 11 is 0. The predicted molar refractivity (Wildman–Crippen MR) is 248 cm³/mol. The van der Waals surface area contributed by atoms with Crippen LogP contribution in [0.25, 0.3) is 77.6 Å². The molecule has 11 rings (SSSR count). The topological polar surface area (TPSA) is 16.4 Å². The Morgan fingerprint density at radius 2 is 0.864 bits per heavy atom. The molecule has 0 spiro atoms. The second-order valence-corrected chi connectivity index (χ2v) is 15.1. The second kappa shape index (κ2) is 13.9. The van der Waals surface area contributed by atoms with Gasteiger partial charge in [-0.2, -0.15) is 0 Å². The van der Waals surface area contributed by atoms with Gasteiger partial charge in [0.15, 0.2) is 0 Å². The van der Waals surface area contributed by atoms with Gasteiger partial charge in [-0.15, -0.1) is 0 Å². The molecule has 0 N–H and O–H groups in total. The predicted octanol–water partition coefficient (Wildman–Crippen LogP) is 16.0. The SMILES string of the molecule is [2H]c1c([2H])c(N(c2c([2H])c([2H])c(-c3cccc4c3C(C)(C)c3ccccc3-4)c([2H])c2[2H])c2c([2H])c([2H])c(-c3cccc4oc5ccccc5c34)c([2H])c2[2H])c([2H])c([2H])c1-c1ccc(-c2ccccc2)cc1. The third kappa shape index (κ3) is 5.87.